The number of fused-ring (bicyclic) bond motifs is 1. The zero-order chi connectivity index (χ0) is 19.8. The lowest BCUT2D eigenvalue weighted by Gasteiger charge is -2.32. The highest BCUT2D eigenvalue weighted by atomic mass is 79.9. The van der Waals surface area contributed by atoms with Crippen LogP contribution in [0.1, 0.15) is 18.9 Å². The van der Waals surface area contributed by atoms with E-state index in [1.165, 1.54) is 0 Å². The molecule has 0 atom stereocenters. The first-order valence-corrected chi connectivity index (χ1v) is 10.4. The maximum Gasteiger partial charge on any atom is 0.326 e. The second kappa shape index (κ2) is 7.81. The summed E-state index contributed by atoms with van der Waals surface area (Å²) in [4.78, 5) is 29.7. The minimum absolute atomic E-state index is 0.0361. The van der Waals surface area contributed by atoms with Crippen LogP contribution in [0.25, 0.3) is 11.0 Å². The molecule has 28 heavy (non-hydrogen) atoms. The monoisotopic (exact) mass is 482 g/mol. The highest BCUT2D eigenvalue weighted by molar-refractivity contribution is 9.10. The van der Waals surface area contributed by atoms with Gasteiger partial charge in [0.15, 0.2) is 0 Å². The van der Waals surface area contributed by atoms with E-state index in [-0.39, 0.29) is 17.8 Å². The number of benzene rings is 2. The molecule has 0 unspecified atom stereocenters. The Morgan fingerprint density at radius 3 is 2.61 bits per heavy atom. The normalized spacial score (nSPS) is 15.2. The van der Waals surface area contributed by atoms with Gasteiger partial charge in [0.05, 0.1) is 21.1 Å². The number of aromatic nitrogens is 2. The third-order valence-electron chi connectivity index (χ3n) is 4.98. The molecule has 4 rings (SSSR count). The Morgan fingerprint density at radius 2 is 1.89 bits per heavy atom. The van der Waals surface area contributed by atoms with E-state index in [9.17, 15) is 9.59 Å². The molecule has 1 aromatic heterocycles. The predicted octanol–water partition coefficient (Wildman–Crippen LogP) is 5.27. The Hall–Kier alpha value is -1.96. The number of para-hydroxylation sites is 1. The molecule has 6 nitrogen and oxygen atoms in total. The minimum atomic E-state index is -0.190. The summed E-state index contributed by atoms with van der Waals surface area (Å²) in [6.45, 7) is 1.11. The summed E-state index contributed by atoms with van der Waals surface area (Å²) in [5.74, 6) is 0. The van der Waals surface area contributed by atoms with Gasteiger partial charge in [-0.3, -0.25) is 4.57 Å². The fourth-order valence-electron chi connectivity index (χ4n) is 3.59. The van der Waals surface area contributed by atoms with Crippen molar-refractivity contribution < 1.29 is 4.79 Å². The van der Waals surface area contributed by atoms with Crippen LogP contribution < -0.4 is 11.0 Å². The smallest absolute Gasteiger partial charge is 0.324 e. The quantitative estimate of drug-likeness (QED) is 0.521. The number of halogens is 3. The number of amides is 2. The van der Waals surface area contributed by atoms with Gasteiger partial charge in [0.2, 0.25) is 0 Å². The highest BCUT2D eigenvalue weighted by Crippen LogP contribution is 2.29. The van der Waals surface area contributed by atoms with Gasteiger partial charge >= 0.3 is 11.7 Å². The van der Waals surface area contributed by atoms with E-state index < -0.39 is 0 Å². The van der Waals surface area contributed by atoms with Crippen LogP contribution in [0.15, 0.2) is 45.7 Å². The van der Waals surface area contributed by atoms with Gasteiger partial charge in [-0.15, -0.1) is 0 Å². The Bertz CT molecular complexity index is 1100. The van der Waals surface area contributed by atoms with Crippen molar-refractivity contribution >= 4 is 61.9 Å². The Kier molecular flexibility index (Phi) is 5.40. The first-order valence-electron chi connectivity index (χ1n) is 8.84. The van der Waals surface area contributed by atoms with Crippen molar-refractivity contribution in [3.63, 3.8) is 0 Å². The molecule has 0 saturated carbocycles. The fourth-order valence-corrected chi connectivity index (χ4v) is 4.45. The molecule has 3 aromatic rings. The van der Waals surface area contributed by atoms with Gasteiger partial charge < -0.3 is 15.2 Å². The SMILES string of the molecule is O=C(Nc1ccc(Cl)c(Cl)c1)N1CCC(n2c(=O)[nH]c3cccc(Br)c32)CC1. The zero-order valence-electron chi connectivity index (χ0n) is 14.7. The van der Waals surface area contributed by atoms with Crippen LogP contribution in [0.3, 0.4) is 0 Å². The van der Waals surface area contributed by atoms with Crippen molar-refractivity contribution in [2.24, 2.45) is 0 Å². The van der Waals surface area contributed by atoms with Crippen molar-refractivity contribution in [2.75, 3.05) is 18.4 Å². The first-order chi connectivity index (χ1) is 13.4. The van der Waals surface area contributed by atoms with Crippen molar-refractivity contribution in [3.05, 3.63) is 61.4 Å². The number of hydrogen-bond donors (Lipinski definition) is 2. The molecule has 0 aliphatic carbocycles. The molecule has 1 aliphatic rings. The molecule has 1 aliphatic heterocycles. The Morgan fingerprint density at radius 1 is 1.14 bits per heavy atom. The lowest BCUT2D eigenvalue weighted by Crippen LogP contribution is -2.42. The second-order valence-electron chi connectivity index (χ2n) is 6.71. The average molecular weight is 484 g/mol. The van der Waals surface area contributed by atoms with E-state index in [0.717, 1.165) is 15.5 Å². The maximum atomic E-state index is 12.5. The molecule has 2 aromatic carbocycles. The molecule has 0 radical (unpaired) electrons. The standard InChI is InChI=1S/C19H17BrCl2N4O2/c20-13-2-1-3-16-17(13)26(19(28)24-16)12-6-8-25(9-7-12)18(27)23-11-4-5-14(21)15(22)10-11/h1-5,10,12H,6-9H2,(H,23,27)(H,24,28). The second-order valence-corrected chi connectivity index (χ2v) is 8.38. The van der Waals surface area contributed by atoms with Crippen molar-refractivity contribution in [3.8, 4) is 0 Å². The third-order valence-corrected chi connectivity index (χ3v) is 6.35. The number of piperidine rings is 1. The number of likely N-dealkylation sites (tertiary alicyclic amines) is 1. The lowest BCUT2D eigenvalue weighted by atomic mass is 10.0. The van der Waals surface area contributed by atoms with Gasteiger partial charge in [-0.2, -0.15) is 0 Å². The molecule has 2 amide bonds. The number of rotatable bonds is 2. The summed E-state index contributed by atoms with van der Waals surface area (Å²) in [6, 6.07) is 10.5. The van der Waals surface area contributed by atoms with Gasteiger partial charge in [0.25, 0.3) is 0 Å². The Labute approximate surface area is 179 Å². The number of nitrogens with one attached hydrogen (secondary N) is 2. The molecule has 146 valence electrons. The number of carbonyl (C=O) groups excluding carboxylic acids is 1. The zero-order valence-corrected chi connectivity index (χ0v) is 17.8. The predicted molar refractivity (Wildman–Crippen MR) is 116 cm³/mol. The van der Waals surface area contributed by atoms with Gasteiger partial charge in [-0.25, -0.2) is 9.59 Å². The lowest BCUT2D eigenvalue weighted by molar-refractivity contribution is 0.184. The fraction of sp³-hybridized carbons (Fsp3) is 0.263. The summed E-state index contributed by atoms with van der Waals surface area (Å²) in [5.41, 5.74) is 2.14. The van der Waals surface area contributed by atoms with Crippen LogP contribution in [0.5, 0.6) is 0 Å². The van der Waals surface area contributed by atoms with E-state index in [4.69, 9.17) is 23.2 Å². The molecule has 0 spiro atoms. The summed E-state index contributed by atoms with van der Waals surface area (Å²) in [6.07, 6.45) is 1.39. The number of imidazole rings is 1. The van der Waals surface area contributed by atoms with E-state index in [1.807, 2.05) is 18.2 Å². The van der Waals surface area contributed by atoms with Crippen molar-refractivity contribution in [1.29, 1.82) is 0 Å². The summed E-state index contributed by atoms with van der Waals surface area (Å²) in [5, 5.41) is 3.67. The molecular weight excluding hydrogens is 467 g/mol. The van der Waals surface area contributed by atoms with E-state index >= 15 is 0 Å². The topological polar surface area (TPSA) is 70.1 Å². The molecule has 2 N–H and O–H groups in total. The Balaban J connectivity index is 1.46. The van der Waals surface area contributed by atoms with Crippen LogP contribution in [0, 0.1) is 0 Å². The number of H-pyrrole nitrogens is 1. The van der Waals surface area contributed by atoms with Crippen LogP contribution in [0.2, 0.25) is 10.0 Å². The number of carbonyl (C=O) groups is 1. The molecule has 0 bridgehead atoms. The van der Waals surface area contributed by atoms with Gasteiger partial charge in [-0.1, -0.05) is 29.3 Å². The van der Waals surface area contributed by atoms with Crippen LogP contribution in [0.4, 0.5) is 10.5 Å². The van der Waals surface area contributed by atoms with Crippen molar-refractivity contribution in [2.45, 2.75) is 18.9 Å². The molecule has 1 saturated heterocycles. The molecule has 2 heterocycles. The third kappa shape index (κ3) is 3.66. The molecular formula is C19H17BrCl2N4O2. The van der Waals surface area contributed by atoms with Gasteiger partial charge in [0, 0.05) is 29.3 Å². The summed E-state index contributed by atoms with van der Waals surface area (Å²) >= 11 is 15.4. The molecule has 1 fully saturated rings. The maximum absolute atomic E-state index is 12.5. The number of anilines is 1. The number of aromatic amines is 1. The number of urea groups is 1. The average Bonchev–Trinajstić information content (AvgIpc) is 3.02. The van der Waals surface area contributed by atoms with Crippen LogP contribution >= 0.6 is 39.1 Å². The van der Waals surface area contributed by atoms with E-state index in [2.05, 4.69) is 26.2 Å². The van der Waals surface area contributed by atoms with Crippen LogP contribution in [-0.4, -0.2) is 33.6 Å². The minimum Gasteiger partial charge on any atom is -0.324 e. The summed E-state index contributed by atoms with van der Waals surface area (Å²) in [7, 11) is 0. The highest BCUT2D eigenvalue weighted by Gasteiger charge is 2.26. The number of nitrogens with zero attached hydrogens (tertiary/aromatic N) is 2. The van der Waals surface area contributed by atoms with Gasteiger partial charge in [-0.05, 0) is 59.1 Å². The first kappa shape index (κ1) is 19.4. The number of hydrogen-bond acceptors (Lipinski definition) is 2. The largest absolute Gasteiger partial charge is 0.326 e. The molecule has 9 heteroatoms. The summed E-state index contributed by atoms with van der Waals surface area (Å²) < 4.78 is 2.68. The van der Waals surface area contributed by atoms with E-state index in [0.29, 0.717) is 41.7 Å². The van der Waals surface area contributed by atoms with Gasteiger partial charge in [0.1, 0.15) is 0 Å². The van der Waals surface area contributed by atoms with Crippen LogP contribution in [-0.2, 0) is 0 Å². The van der Waals surface area contributed by atoms with E-state index in [1.54, 1.807) is 27.7 Å². The van der Waals surface area contributed by atoms with Crippen molar-refractivity contribution in [1.82, 2.24) is 14.5 Å².